The van der Waals surface area contributed by atoms with Gasteiger partial charge in [-0.25, -0.2) is 5.84 Å². The number of hydrogen-bond donors (Lipinski definition) is 8. The molecule has 11 N–H and O–H groups in total. The fourth-order valence-corrected chi connectivity index (χ4v) is 2.64. The van der Waals surface area contributed by atoms with Crippen molar-refractivity contribution in [3.8, 4) is 0 Å². The molecule has 15 heteroatoms. The predicted molar refractivity (Wildman–Crippen MR) is 120 cm³/mol. The molecule has 0 radical (unpaired) electrons. The minimum Gasteiger partial charge on any atom is -0.481 e. The molecule has 4 amide bonds. The summed E-state index contributed by atoms with van der Waals surface area (Å²) in [6, 6.07) is -3.88. The number of carboxylic acid groups (broad SMARTS) is 1. The van der Waals surface area contributed by atoms with E-state index in [1.54, 1.807) is 0 Å². The van der Waals surface area contributed by atoms with Crippen LogP contribution in [0.25, 0.3) is 0 Å². The highest BCUT2D eigenvalue weighted by atomic mass is 16.5. The van der Waals surface area contributed by atoms with Gasteiger partial charge in [-0.15, -0.1) is 0 Å². The first-order valence-corrected chi connectivity index (χ1v) is 10.8. The summed E-state index contributed by atoms with van der Waals surface area (Å²) in [5.74, 6) is 0.508. The van der Waals surface area contributed by atoms with Gasteiger partial charge in [-0.2, -0.15) is 0 Å². The molecule has 0 aromatic rings. The lowest BCUT2D eigenvalue weighted by atomic mass is 10.1. The Morgan fingerprint density at radius 1 is 0.912 bits per heavy atom. The van der Waals surface area contributed by atoms with Gasteiger partial charge in [0.25, 0.3) is 0 Å². The summed E-state index contributed by atoms with van der Waals surface area (Å²) in [6.45, 7) is 1.30. The van der Waals surface area contributed by atoms with Gasteiger partial charge in [-0.3, -0.25) is 29.4 Å². The van der Waals surface area contributed by atoms with E-state index in [1.165, 1.54) is 7.11 Å². The van der Waals surface area contributed by atoms with Gasteiger partial charge < -0.3 is 42.0 Å². The average Bonchev–Trinajstić information content (AvgIpc) is 2.79. The molecule has 3 unspecified atom stereocenters. The largest absolute Gasteiger partial charge is 0.481 e. The Kier molecular flexibility index (Phi) is 17.0. The van der Waals surface area contributed by atoms with Crippen LogP contribution in [0, 0.1) is 0 Å². The minimum absolute atomic E-state index is 0.0575. The number of carboxylic acids is 1. The van der Waals surface area contributed by atoms with E-state index < -0.39 is 60.6 Å². The zero-order valence-corrected chi connectivity index (χ0v) is 19.3. The first-order chi connectivity index (χ1) is 16.2. The van der Waals surface area contributed by atoms with E-state index in [4.69, 9.17) is 31.9 Å². The lowest BCUT2D eigenvalue weighted by Gasteiger charge is -2.23. The number of nitrogens with one attached hydrogen (secondary N) is 4. The normalized spacial score (nSPS) is 13.3. The Morgan fingerprint density at radius 2 is 1.56 bits per heavy atom. The van der Waals surface area contributed by atoms with Crippen molar-refractivity contribution in [2.75, 3.05) is 40.0 Å². The summed E-state index contributed by atoms with van der Waals surface area (Å²) in [5, 5.41) is 16.2. The van der Waals surface area contributed by atoms with Crippen molar-refractivity contribution in [1.29, 1.82) is 0 Å². The maximum atomic E-state index is 12.7. The van der Waals surface area contributed by atoms with E-state index in [2.05, 4.69) is 16.0 Å². The molecule has 3 atom stereocenters. The number of nitrogens with two attached hydrogens (primary N) is 3. The molecule has 0 aromatic heterocycles. The summed E-state index contributed by atoms with van der Waals surface area (Å²) >= 11 is 0. The van der Waals surface area contributed by atoms with Crippen LogP contribution in [0.3, 0.4) is 0 Å². The Labute approximate surface area is 197 Å². The first-order valence-electron chi connectivity index (χ1n) is 10.8. The molecule has 0 saturated heterocycles. The Balaban J connectivity index is 5.13. The highest BCUT2D eigenvalue weighted by Gasteiger charge is 2.30. The van der Waals surface area contributed by atoms with Gasteiger partial charge in [-0.05, 0) is 19.4 Å². The van der Waals surface area contributed by atoms with Crippen molar-refractivity contribution < 1.29 is 38.6 Å². The van der Waals surface area contributed by atoms with Crippen LogP contribution in [0.2, 0.25) is 0 Å². The Bertz CT molecular complexity index is 665. The van der Waals surface area contributed by atoms with Gasteiger partial charge in [0.2, 0.25) is 23.6 Å². The van der Waals surface area contributed by atoms with Gasteiger partial charge >= 0.3 is 5.97 Å². The van der Waals surface area contributed by atoms with Crippen molar-refractivity contribution in [3.63, 3.8) is 0 Å². The van der Waals surface area contributed by atoms with Gasteiger partial charge in [0, 0.05) is 13.7 Å². The molecule has 196 valence electrons. The third-order valence-corrected chi connectivity index (χ3v) is 4.48. The molecule has 0 spiro atoms. The smallest absolute Gasteiger partial charge is 0.305 e. The van der Waals surface area contributed by atoms with Crippen LogP contribution >= 0.6 is 0 Å². The summed E-state index contributed by atoms with van der Waals surface area (Å²) in [6.07, 6.45) is 0.255. The molecular weight excluding hydrogens is 454 g/mol. The molecule has 0 heterocycles. The number of carbonyl (C=O) groups is 5. The van der Waals surface area contributed by atoms with Crippen molar-refractivity contribution in [2.45, 2.75) is 50.2 Å². The van der Waals surface area contributed by atoms with Crippen molar-refractivity contribution in [2.24, 2.45) is 17.3 Å². The molecule has 15 nitrogen and oxygen atoms in total. The zero-order chi connectivity index (χ0) is 25.9. The second-order valence-corrected chi connectivity index (χ2v) is 7.28. The number of methoxy groups -OCH3 is 1. The molecule has 0 aromatic carbocycles. The van der Waals surface area contributed by atoms with Crippen LogP contribution in [0.5, 0.6) is 0 Å². The van der Waals surface area contributed by atoms with E-state index in [0.29, 0.717) is 39.0 Å². The second kappa shape index (κ2) is 18.6. The van der Waals surface area contributed by atoms with E-state index in [9.17, 15) is 24.0 Å². The predicted octanol–water partition coefficient (Wildman–Crippen LogP) is -3.95. The number of aliphatic carboxylic acids is 1. The van der Waals surface area contributed by atoms with E-state index in [0.717, 1.165) is 0 Å². The van der Waals surface area contributed by atoms with E-state index in [-0.39, 0.29) is 13.2 Å². The number of amides is 4. The number of rotatable bonds is 19. The minimum atomic E-state index is -1.47. The van der Waals surface area contributed by atoms with E-state index in [1.807, 2.05) is 5.43 Å². The van der Waals surface area contributed by atoms with Crippen molar-refractivity contribution in [1.82, 2.24) is 21.4 Å². The van der Waals surface area contributed by atoms with Crippen LogP contribution in [-0.2, 0) is 33.4 Å². The van der Waals surface area contributed by atoms with E-state index >= 15 is 0 Å². The number of hydrogen-bond acceptors (Lipinski definition) is 10. The lowest BCUT2D eigenvalue weighted by Crippen LogP contribution is -2.57. The van der Waals surface area contributed by atoms with Gasteiger partial charge in [-0.1, -0.05) is 6.42 Å². The molecule has 34 heavy (non-hydrogen) atoms. The molecule has 0 saturated carbocycles. The Morgan fingerprint density at radius 3 is 2.15 bits per heavy atom. The Hall–Kier alpha value is -2.85. The number of hydrazine groups is 1. The molecule has 0 aliphatic heterocycles. The van der Waals surface area contributed by atoms with Crippen molar-refractivity contribution in [3.05, 3.63) is 0 Å². The maximum absolute atomic E-state index is 12.7. The third-order valence-electron chi connectivity index (χ3n) is 4.48. The summed E-state index contributed by atoms with van der Waals surface area (Å²) in [7, 11) is 1.51. The fraction of sp³-hybridized carbons (Fsp3) is 0.737. The molecule has 0 bridgehead atoms. The first kappa shape index (κ1) is 31.1. The quantitative estimate of drug-likeness (QED) is 0.0374. The standard InChI is InChI=1S/C19H37N7O8/c1-33-8-9-34-7-6-23-18(31)14(11-16(28)29)25-19(32)13(10-15(27)26-22)24-17(30)12(21)4-2-3-5-20/h12-14H,2-11,20-22H2,1H3,(H,23,31)(H,24,30)(H,25,32)(H,26,27)(H,28,29). The number of unbranched alkanes of at least 4 members (excludes halogenated alkanes) is 1. The zero-order valence-electron chi connectivity index (χ0n) is 19.3. The van der Waals surface area contributed by atoms with Crippen LogP contribution < -0.4 is 38.7 Å². The summed E-state index contributed by atoms with van der Waals surface area (Å²) in [4.78, 5) is 60.4. The van der Waals surface area contributed by atoms with Crippen molar-refractivity contribution >= 4 is 29.6 Å². The molecule has 0 aliphatic rings. The van der Waals surface area contributed by atoms with Crippen LogP contribution in [0.1, 0.15) is 32.1 Å². The molecule has 0 aliphatic carbocycles. The fourth-order valence-electron chi connectivity index (χ4n) is 2.64. The summed E-state index contributed by atoms with van der Waals surface area (Å²) < 4.78 is 10.0. The molecule has 0 fully saturated rings. The maximum Gasteiger partial charge on any atom is 0.305 e. The van der Waals surface area contributed by atoms with Gasteiger partial charge in [0.1, 0.15) is 12.1 Å². The second-order valence-electron chi connectivity index (χ2n) is 7.28. The molecule has 0 rings (SSSR count). The SMILES string of the molecule is COCCOCCNC(=O)C(CC(=O)O)NC(=O)C(CC(=O)NN)NC(=O)C(N)CCCCN. The number of carbonyl (C=O) groups excluding carboxylic acids is 4. The number of ether oxygens (including phenoxy) is 2. The van der Waals surface area contributed by atoms with Crippen LogP contribution in [0.4, 0.5) is 0 Å². The highest BCUT2D eigenvalue weighted by molar-refractivity contribution is 5.96. The molecular formula is C19H37N7O8. The third kappa shape index (κ3) is 14.3. The topological polar surface area (TPSA) is 250 Å². The van der Waals surface area contributed by atoms with Gasteiger partial charge in [0.15, 0.2) is 0 Å². The monoisotopic (exact) mass is 491 g/mol. The van der Waals surface area contributed by atoms with Crippen LogP contribution in [-0.4, -0.2) is 92.9 Å². The lowest BCUT2D eigenvalue weighted by molar-refractivity contribution is -0.141. The average molecular weight is 492 g/mol. The highest BCUT2D eigenvalue weighted by Crippen LogP contribution is 2.02. The van der Waals surface area contributed by atoms with Crippen LogP contribution in [0.15, 0.2) is 0 Å². The van der Waals surface area contributed by atoms with Gasteiger partial charge in [0.05, 0.1) is 38.7 Å². The summed E-state index contributed by atoms with van der Waals surface area (Å²) in [5.41, 5.74) is 13.1.